The van der Waals surface area contributed by atoms with Crippen LogP contribution >= 0.6 is 0 Å². The van der Waals surface area contributed by atoms with E-state index in [2.05, 4.69) is 4.98 Å². The van der Waals surface area contributed by atoms with Crippen molar-refractivity contribution in [3.05, 3.63) is 35.0 Å². The minimum absolute atomic E-state index is 0.0897. The molecule has 0 radical (unpaired) electrons. The van der Waals surface area contributed by atoms with Gasteiger partial charge in [0.1, 0.15) is 0 Å². The van der Waals surface area contributed by atoms with E-state index in [9.17, 15) is 9.59 Å². The van der Waals surface area contributed by atoms with Crippen molar-refractivity contribution in [1.29, 1.82) is 0 Å². The number of rotatable bonds is 3. The third-order valence-electron chi connectivity index (χ3n) is 5.37. The number of piperidine rings is 1. The maximum Gasteiger partial charge on any atom is 0.338 e. The second-order valence-corrected chi connectivity index (χ2v) is 7.07. The minimum atomic E-state index is -0.419. The van der Waals surface area contributed by atoms with Gasteiger partial charge in [0.15, 0.2) is 6.61 Å². The lowest BCUT2D eigenvalue weighted by molar-refractivity contribution is -0.135. The summed E-state index contributed by atoms with van der Waals surface area (Å²) >= 11 is 0. The van der Waals surface area contributed by atoms with E-state index in [1.165, 1.54) is 30.5 Å². The van der Waals surface area contributed by atoms with Gasteiger partial charge in [0.25, 0.3) is 5.91 Å². The van der Waals surface area contributed by atoms with Gasteiger partial charge in [-0.2, -0.15) is 0 Å². The number of hydrogen-bond acceptors (Lipinski definition) is 3. The molecule has 1 aromatic heterocycles. The van der Waals surface area contributed by atoms with Crippen molar-refractivity contribution >= 4 is 22.8 Å². The van der Waals surface area contributed by atoms with Crippen LogP contribution in [-0.2, 0) is 22.4 Å². The van der Waals surface area contributed by atoms with E-state index in [4.69, 9.17) is 4.74 Å². The maximum atomic E-state index is 12.4. The molecular formula is C20H24N2O3. The molecule has 1 aliphatic carbocycles. The molecule has 1 aromatic carbocycles. The number of ether oxygens (including phenoxy) is 1. The zero-order valence-electron chi connectivity index (χ0n) is 14.5. The summed E-state index contributed by atoms with van der Waals surface area (Å²) in [5, 5.41) is 1.12. The molecule has 5 heteroatoms. The average molecular weight is 340 g/mol. The van der Waals surface area contributed by atoms with Crippen molar-refractivity contribution in [3.63, 3.8) is 0 Å². The molecular weight excluding hydrogens is 316 g/mol. The van der Waals surface area contributed by atoms with E-state index >= 15 is 0 Å². The molecule has 2 aliphatic rings. The zero-order valence-corrected chi connectivity index (χ0v) is 14.5. The first kappa shape index (κ1) is 16.2. The number of esters is 1. The molecule has 25 heavy (non-hydrogen) atoms. The Hall–Kier alpha value is -2.30. The standard InChI is InChI=1S/C20H24N2O3/c23-19(22-10-4-1-5-11-22)13-25-20(24)14-8-9-18-16(12-14)15-6-2-3-7-17(15)21-18/h8-9,12,21H,1-7,10-11,13H2. The molecule has 1 N–H and O–H groups in total. The molecule has 5 nitrogen and oxygen atoms in total. The Bertz CT molecular complexity index is 803. The largest absolute Gasteiger partial charge is 0.452 e. The molecule has 1 saturated heterocycles. The number of carbonyl (C=O) groups is 2. The Labute approximate surface area is 147 Å². The number of H-pyrrole nitrogens is 1. The number of fused-ring (bicyclic) bond motifs is 3. The van der Waals surface area contributed by atoms with Crippen LogP contribution in [0.4, 0.5) is 0 Å². The smallest absolute Gasteiger partial charge is 0.338 e. The summed E-state index contributed by atoms with van der Waals surface area (Å²) in [5.74, 6) is -0.508. The number of nitrogens with one attached hydrogen (secondary N) is 1. The molecule has 4 rings (SSSR count). The molecule has 2 aromatic rings. The molecule has 2 heterocycles. The summed E-state index contributed by atoms with van der Waals surface area (Å²) in [6.45, 7) is 1.39. The van der Waals surface area contributed by atoms with E-state index in [0.717, 1.165) is 49.7 Å². The molecule has 132 valence electrons. The van der Waals surface area contributed by atoms with Gasteiger partial charge in [0.05, 0.1) is 5.56 Å². The Kier molecular flexibility index (Phi) is 4.47. The van der Waals surface area contributed by atoms with Crippen molar-refractivity contribution in [1.82, 2.24) is 9.88 Å². The van der Waals surface area contributed by atoms with Crippen molar-refractivity contribution in [2.45, 2.75) is 44.9 Å². The SMILES string of the molecule is O=C(OCC(=O)N1CCCCC1)c1ccc2[nH]c3c(c2c1)CCCC3. The summed E-state index contributed by atoms with van der Waals surface area (Å²) in [5.41, 5.74) is 4.23. The quantitative estimate of drug-likeness (QED) is 0.873. The van der Waals surface area contributed by atoms with Crippen LogP contribution in [0.2, 0.25) is 0 Å². The van der Waals surface area contributed by atoms with Crippen LogP contribution in [0, 0.1) is 0 Å². The summed E-state index contributed by atoms with van der Waals surface area (Å²) in [7, 11) is 0. The van der Waals surface area contributed by atoms with E-state index in [1.807, 2.05) is 12.1 Å². The Morgan fingerprint density at radius 3 is 2.68 bits per heavy atom. The molecule has 1 aliphatic heterocycles. The predicted octanol–water partition coefficient (Wildman–Crippen LogP) is 3.22. The van der Waals surface area contributed by atoms with Crippen molar-refractivity contribution in [2.24, 2.45) is 0 Å². The molecule has 0 atom stereocenters. The topological polar surface area (TPSA) is 62.4 Å². The molecule has 0 bridgehead atoms. The Morgan fingerprint density at radius 1 is 1.04 bits per heavy atom. The molecule has 1 fully saturated rings. The fraction of sp³-hybridized carbons (Fsp3) is 0.500. The van der Waals surface area contributed by atoms with Crippen LogP contribution in [0.25, 0.3) is 10.9 Å². The number of aryl methyl sites for hydroxylation is 2. The maximum absolute atomic E-state index is 12.4. The minimum Gasteiger partial charge on any atom is -0.452 e. The van der Waals surface area contributed by atoms with Gasteiger partial charge in [-0.05, 0) is 68.7 Å². The second-order valence-electron chi connectivity index (χ2n) is 7.07. The summed E-state index contributed by atoms with van der Waals surface area (Å²) in [4.78, 5) is 29.8. The average Bonchev–Trinajstić information content (AvgIpc) is 3.04. The number of aromatic nitrogens is 1. The predicted molar refractivity (Wildman–Crippen MR) is 95.7 cm³/mol. The van der Waals surface area contributed by atoms with Crippen molar-refractivity contribution in [3.8, 4) is 0 Å². The normalized spacial score (nSPS) is 17.4. The van der Waals surface area contributed by atoms with Crippen molar-refractivity contribution < 1.29 is 14.3 Å². The lowest BCUT2D eigenvalue weighted by Gasteiger charge is -2.26. The third-order valence-corrected chi connectivity index (χ3v) is 5.37. The van der Waals surface area contributed by atoms with E-state index in [-0.39, 0.29) is 12.5 Å². The summed E-state index contributed by atoms with van der Waals surface area (Å²) in [6, 6.07) is 5.62. The first-order chi connectivity index (χ1) is 12.2. The van der Waals surface area contributed by atoms with Gasteiger partial charge in [-0.1, -0.05) is 0 Å². The van der Waals surface area contributed by atoms with Crippen LogP contribution in [0.3, 0.4) is 0 Å². The highest BCUT2D eigenvalue weighted by Crippen LogP contribution is 2.29. The number of likely N-dealkylation sites (tertiary alicyclic amines) is 1. The van der Waals surface area contributed by atoms with Gasteiger partial charge in [-0.3, -0.25) is 4.79 Å². The number of benzene rings is 1. The molecule has 0 spiro atoms. The molecule has 1 amide bonds. The van der Waals surface area contributed by atoms with Gasteiger partial charge < -0.3 is 14.6 Å². The van der Waals surface area contributed by atoms with Gasteiger partial charge in [0.2, 0.25) is 0 Å². The highest BCUT2D eigenvalue weighted by atomic mass is 16.5. The first-order valence-electron chi connectivity index (χ1n) is 9.31. The highest BCUT2D eigenvalue weighted by molar-refractivity contribution is 5.97. The summed E-state index contributed by atoms with van der Waals surface area (Å²) < 4.78 is 5.27. The second kappa shape index (κ2) is 6.90. The van der Waals surface area contributed by atoms with Crippen LogP contribution in [0.5, 0.6) is 0 Å². The van der Waals surface area contributed by atoms with Crippen LogP contribution in [-0.4, -0.2) is 41.5 Å². The van der Waals surface area contributed by atoms with E-state index in [1.54, 1.807) is 11.0 Å². The molecule has 0 unspecified atom stereocenters. The number of aromatic amines is 1. The van der Waals surface area contributed by atoms with E-state index in [0.29, 0.717) is 5.56 Å². The number of amides is 1. The van der Waals surface area contributed by atoms with Crippen LogP contribution in [0.1, 0.15) is 53.7 Å². The third kappa shape index (κ3) is 3.28. The lowest BCUT2D eigenvalue weighted by atomic mass is 9.95. The first-order valence-corrected chi connectivity index (χ1v) is 9.31. The van der Waals surface area contributed by atoms with Gasteiger partial charge in [-0.25, -0.2) is 4.79 Å². The lowest BCUT2D eigenvalue weighted by Crippen LogP contribution is -2.38. The van der Waals surface area contributed by atoms with Gasteiger partial charge in [-0.15, -0.1) is 0 Å². The van der Waals surface area contributed by atoms with Crippen LogP contribution in [0.15, 0.2) is 18.2 Å². The zero-order chi connectivity index (χ0) is 17.2. The highest BCUT2D eigenvalue weighted by Gasteiger charge is 2.20. The fourth-order valence-corrected chi connectivity index (χ4v) is 3.98. The van der Waals surface area contributed by atoms with E-state index < -0.39 is 5.97 Å². The van der Waals surface area contributed by atoms with Crippen LogP contribution < -0.4 is 0 Å². The van der Waals surface area contributed by atoms with Crippen molar-refractivity contribution in [2.75, 3.05) is 19.7 Å². The Balaban J connectivity index is 1.45. The summed E-state index contributed by atoms with van der Waals surface area (Å²) in [6.07, 6.45) is 7.79. The number of nitrogens with zero attached hydrogens (tertiary/aromatic N) is 1. The Morgan fingerprint density at radius 2 is 1.84 bits per heavy atom. The monoisotopic (exact) mass is 340 g/mol. The number of carbonyl (C=O) groups excluding carboxylic acids is 2. The van der Waals surface area contributed by atoms with Gasteiger partial charge in [0, 0.05) is 29.7 Å². The number of hydrogen-bond donors (Lipinski definition) is 1. The fourth-order valence-electron chi connectivity index (χ4n) is 3.98. The molecule has 0 saturated carbocycles. The van der Waals surface area contributed by atoms with Gasteiger partial charge >= 0.3 is 5.97 Å².